The fourth-order valence-electron chi connectivity index (χ4n) is 2.14. The molecule has 0 aromatic heterocycles. The summed E-state index contributed by atoms with van der Waals surface area (Å²) < 4.78 is 26.1. The molecule has 0 bridgehead atoms. The summed E-state index contributed by atoms with van der Waals surface area (Å²) in [5, 5.41) is 10.2. The van der Waals surface area contributed by atoms with Gasteiger partial charge in [0.15, 0.2) is 0 Å². The van der Waals surface area contributed by atoms with Crippen LogP contribution < -0.4 is 0 Å². The van der Waals surface area contributed by atoms with Crippen molar-refractivity contribution in [3.8, 4) is 0 Å². The van der Waals surface area contributed by atoms with Crippen LogP contribution in [0, 0.1) is 11.6 Å². The Kier molecular flexibility index (Phi) is 3.11. The largest absolute Gasteiger partial charge is 0.388 e. The third-order valence-corrected chi connectivity index (χ3v) is 3.05. The first-order valence-corrected chi connectivity index (χ1v) is 5.38. The quantitative estimate of drug-likeness (QED) is 0.805. The van der Waals surface area contributed by atoms with E-state index in [0.717, 1.165) is 12.1 Å². The first-order valence-electron chi connectivity index (χ1n) is 5.38. The van der Waals surface area contributed by atoms with E-state index in [1.165, 1.54) is 11.0 Å². The van der Waals surface area contributed by atoms with Crippen LogP contribution in [-0.4, -0.2) is 35.1 Å². The van der Waals surface area contributed by atoms with Gasteiger partial charge in [0.2, 0.25) is 6.41 Å². The van der Waals surface area contributed by atoms with Gasteiger partial charge in [-0.15, -0.1) is 0 Å². The first-order chi connectivity index (χ1) is 8.02. The maximum absolute atomic E-state index is 13.4. The fraction of sp³-hybridized carbons (Fsp3) is 0.417. The van der Waals surface area contributed by atoms with Gasteiger partial charge in [-0.2, -0.15) is 0 Å². The monoisotopic (exact) mass is 241 g/mol. The fourth-order valence-corrected chi connectivity index (χ4v) is 2.14. The number of hydrogen-bond acceptors (Lipinski definition) is 2. The Morgan fingerprint density at radius 1 is 1.47 bits per heavy atom. The zero-order valence-electron chi connectivity index (χ0n) is 9.20. The summed E-state index contributed by atoms with van der Waals surface area (Å²) in [5.41, 5.74) is -0.846. The molecule has 5 heteroatoms. The van der Waals surface area contributed by atoms with E-state index in [-0.39, 0.29) is 18.5 Å². The van der Waals surface area contributed by atoms with Gasteiger partial charge in [-0.3, -0.25) is 4.79 Å². The van der Waals surface area contributed by atoms with E-state index in [9.17, 15) is 18.7 Å². The number of hydrogen-bond donors (Lipinski definition) is 1. The third kappa shape index (κ3) is 2.61. The second-order valence-electron chi connectivity index (χ2n) is 4.46. The highest BCUT2D eigenvalue weighted by Gasteiger charge is 2.36. The molecule has 1 aromatic rings. The van der Waals surface area contributed by atoms with Crippen molar-refractivity contribution in [3.63, 3.8) is 0 Å². The smallest absolute Gasteiger partial charge is 0.209 e. The average molecular weight is 241 g/mol. The molecule has 0 saturated carbocycles. The van der Waals surface area contributed by atoms with Crippen LogP contribution in [0.25, 0.3) is 0 Å². The highest BCUT2D eigenvalue weighted by Crippen LogP contribution is 2.25. The van der Waals surface area contributed by atoms with Crippen molar-refractivity contribution in [1.29, 1.82) is 0 Å². The van der Waals surface area contributed by atoms with Gasteiger partial charge in [-0.25, -0.2) is 8.78 Å². The molecule has 2 rings (SSSR count). The summed E-state index contributed by atoms with van der Waals surface area (Å²) in [7, 11) is 0. The predicted molar refractivity (Wildman–Crippen MR) is 57.3 cm³/mol. The SMILES string of the molecule is O=CN1CCC(O)(Cc2ccc(F)cc2F)C1. The van der Waals surface area contributed by atoms with E-state index >= 15 is 0 Å². The summed E-state index contributed by atoms with van der Waals surface area (Å²) >= 11 is 0. The van der Waals surface area contributed by atoms with Gasteiger partial charge in [-0.05, 0) is 18.1 Å². The molecule has 1 aliphatic rings. The minimum atomic E-state index is -1.11. The van der Waals surface area contributed by atoms with Gasteiger partial charge < -0.3 is 10.0 Å². The molecule has 1 fully saturated rings. The lowest BCUT2D eigenvalue weighted by Crippen LogP contribution is -2.35. The Morgan fingerprint density at radius 3 is 2.82 bits per heavy atom. The number of β-amino-alcohol motifs (C(OH)–C–C–N with tert-alkyl or cyclic N) is 1. The van der Waals surface area contributed by atoms with Crippen LogP contribution in [-0.2, 0) is 11.2 Å². The maximum Gasteiger partial charge on any atom is 0.209 e. The molecule has 1 saturated heterocycles. The van der Waals surface area contributed by atoms with Crippen molar-refractivity contribution in [3.05, 3.63) is 35.4 Å². The maximum atomic E-state index is 13.4. The Bertz CT molecular complexity index is 439. The Balaban J connectivity index is 2.13. The summed E-state index contributed by atoms with van der Waals surface area (Å²) in [6.45, 7) is 0.649. The number of carbonyl (C=O) groups is 1. The van der Waals surface area contributed by atoms with E-state index in [2.05, 4.69) is 0 Å². The summed E-state index contributed by atoms with van der Waals surface area (Å²) in [5.74, 6) is -1.30. The summed E-state index contributed by atoms with van der Waals surface area (Å²) in [6, 6.07) is 3.28. The lowest BCUT2D eigenvalue weighted by Gasteiger charge is -2.22. The van der Waals surface area contributed by atoms with Crippen molar-refractivity contribution in [2.75, 3.05) is 13.1 Å². The van der Waals surface area contributed by atoms with Gasteiger partial charge in [0.05, 0.1) is 5.60 Å². The van der Waals surface area contributed by atoms with Crippen LogP contribution in [0.3, 0.4) is 0 Å². The molecule has 1 amide bonds. The molecule has 1 unspecified atom stereocenters. The van der Waals surface area contributed by atoms with Crippen molar-refractivity contribution in [2.24, 2.45) is 0 Å². The van der Waals surface area contributed by atoms with Crippen molar-refractivity contribution >= 4 is 6.41 Å². The van der Waals surface area contributed by atoms with Crippen LogP contribution in [0.15, 0.2) is 18.2 Å². The molecule has 0 aliphatic carbocycles. The minimum Gasteiger partial charge on any atom is -0.388 e. The zero-order chi connectivity index (χ0) is 12.5. The molecule has 1 N–H and O–H groups in total. The Labute approximate surface area is 97.7 Å². The lowest BCUT2D eigenvalue weighted by atomic mass is 9.93. The Morgan fingerprint density at radius 2 is 2.24 bits per heavy atom. The van der Waals surface area contributed by atoms with Crippen molar-refractivity contribution in [1.82, 2.24) is 4.90 Å². The number of benzene rings is 1. The number of halogens is 2. The lowest BCUT2D eigenvalue weighted by molar-refractivity contribution is -0.118. The van der Waals surface area contributed by atoms with E-state index in [1.54, 1.807) is 0 Å². The average Bonchev–Trinajstić information content (AvgIpc) is 2.65. The zero-order valence-corrected chi connectivity index (χ0v) is 9.20. The number of carbonyl (C=O) groups excluding carboxylic acids is 1. The van der Waals surface area contributed by atoms with E-state index in [0.29, 0.717) is 19.4 Å². The minimum absolute atomic E-state index is 0.0868. The number of rotatable bonds is 3. The molecule has 1 aromatic carbocycles. The molecule has 1 atom stereocenters. The highest BCUT2D eigenvalue weighted by atomic mass is 19.1. The summed E-state index contributed by atoms with van der Waals surface area (Å²) in [6.07, 6.45) is 1.16. The van der Waals surface area contributed by atoms with Crippen LogP contribution in [0.1, 0.15) is 12.0 Å². The molecule has 0 radical (unpaired) electrons. The van der Waals surface area contributed by atoms with Crippen molar-refractivity contribution in [2.45, 2.75) is 18.4 Å². The van der Waals surface area contributed by atoms with Crippen LogP contribution in [0.2, 0.25) is 0 Å². The standard InChI is InChI=1S/C12H13F2NO2/c13-10-2-1-9(11(14)5-10)6-12(17)3-4-15(7-12)8-16/h1-2,5,8,17H,3-4,6-7H2. The van der Waals surface area contributed by atoms with Crippen molar-refractivity contribution < 1.29 is 18.7 Å². The first kappa shape index (κ1) is 12.0. The topological polar surface area (TPSA) is 40.5 Å². The number of nitrogens with zero attached hydrogens (tertiary/aromatic N) is 1. The number of amides is 1. The van der Waals surface area contributed by atoms with E-state index in [1.807, 2.05) is 0 Å². The van der Waals surface area contributed by atoms with Crippen LogP contribution in [0.5, 0.6) is 0 Å². The van der Waals surface area contributed by atoms with Crippen LogP contribution >= 0.6 is 0 Å². The molecule has 17 heavy (non-hydrogen) atoms. The van der Waals surface area contributed by atoms with Gasteiger partial charge in [0, 0.05) is 25.6 Å². The summed E-state index contributed by atoms with van der Waals surface area (Å²) in [4.78, 5) is 12.0. The molecular formula is C12H13F2NO2. The highest BCUT2D eigenvalue weighted by molar-refractivity contribution is 5.48. The Hall–Kier alpha value is -1.49. The van der Waals surface area contributed by atoms with Gasteiger partial charge in [-0.1, -0.05) is 6.07 Å². The third-order valence-electron chi connectivity index (χ3n) is 3.05. The second-order valence-corrected chi connectivity index (χ2v) is 4.46. The second kappa shape index (κ2) is 4.41. The van der Waals surface area contributed by atoms with Gasteiger partial charge in [0.1, 0.15) is 11.6 Å². The number of likely N-dealkylation sites (tertiary alicyclic amines) is 1. The molecule has 92 valence electrons. The molecule has 1 heterocycles. The molecule has 1 aliphatic heterocycles. The van der Waals surface area contributed by atoms with Crippen LogP contribution in [0.4, 0.5) is 8.78 Å². The normalized spacial score (nSPS) is 24.1. The van der Waals surface area contributed by atoms with Gasteiger partial charge >= 0.3 is 0 Å². The molecule has 0 spiro atoms. The molecule has 3 nitrogen and oxygen atoms in total. The molecular weight excluding hydrogens is 228 g/mol. The van der Waals surface area contributed by atoms with E-state index in [4.69, 9.17) is 0 Å². The number of aliphatic hydroxyl groups is 1. The van der Waals surface area contributed by atoms with E-state index < -0.39 is 17.2 Å². The van der Waals surface area contributed by atoms with Gasteiger partial charge in [0.25, 0.3) is 0 Å². The predicted octanol–water partition coefficient (Wildman–Crippen LogP) is 1.10.